The van der Waals surface area contributed by atoms with E-state index in [-0.39, 0.29) is 0 Å². The van der Waals surface area contributed by atoms with Gasteiger partial charge in [0.1, 0.15) is 0 Å². The monoisotopic (exact) mass is 207 g/mol. The minimum atomic E-state index is 0.657. The Morgan fingerprint density at radius 3 is 3.07 bits per heavy atom. The van der Waals surface area contributed by atoms with Crippen molar-refractivity contribution in [2.45, 2.75) is 52.1 Å². The molecule has 0 saturated heterocycles. The molecule has 3 heteroatoms. The van der Waals surface area contributed by atoms with Crippen LogP contribution in [0.4, 0.5) is 5.69 Å². The first-order valence-corrected chi connectivity index (χ1v) is 6.08. The summed E-state index contributed by atoms with van der Waals surface area (Å²) in [4.78, 5) is 0. The summed E-state index contributed by atoms with van der Waals surface area (Å²) in [7, 11) is 0. The SMILES string of the molecule is CCCn1cc(NC2CCCC2C)cn1. The number of aryl methyl sites for hydroxylation is 1. The molecule has 2 unspecified atom stereocenters. The lowest BCUT2D eigenvalue weighted by Crippen LogP contribution is -2.21. The van der Waals surface area contributed by atoms with Crippen LogP contribution in [0.2, 0.25) is 0 Å². The van der Waals surface area contributed by atoms with Crippen molar-refractivity contribution in [3.05, 3.63) is 12.4 Å². The summed E-state index contributed by atoms with van der Waals surface area (Å²) in [5.74, 6) is 0.805. The number of anilines is 1. The molecule has 2 atom stereocenters. The van der Waals surface area contributed by atoms with Crippen molar-refractivity contribution in [1.82, 2.24) is 9.78 Å². The first kappa shape index (κ1) is 10.5. The second-order valence-corrected chi connectivity index (χ2v) is 4.65. The van der Waals surface area contributed by atoms with Crippen LogP contribution in [-0.2, 0) is 6.54 Å². The van der Waals surface area contributed by atoms with Crippen molar-refractivity contribution >= 4 is 5.69 Å². The number of nitrogens with one attached hydrogen (secondary N) is 1. The van der Waals surface area contributed by atoms with Gasteiger partial charge in [-0.2, -0.15) is 5.10 Å². The van der Waals surface area contributed by atoms with E-state index in [1.165, 1.54) is 24.9 Å². The van der Waals surface area contributed by atoms with E-state index in [4.69, 9.17) is 0 Å². The Hall–Kier alpha value is -0.990. The van der Waals surface area contributed by atoms with E-state index in [0.717, 1.165) is 18.9 Å². The van der Waals surface area contributed by atoms with E-state index in [1.54, 1.807) is 0 Å². The summed E-state index contributed by atoms with van der Waals surface area (Å²) in [5.41, 5.74) is 1.18. The number of nitrogens with zero attached hydrogens (tertiary/aromatic N) is 2. The molecule has 1 fully saturated rings. The molecule has 0 amide bonds. The van der Waals surface area contributed by atoms with E-state index in [2.05, 4.69) is 30.5 Å². The van der Waals surface area contributed by atoms with Crippen LogP contribution < -0.4 is 5.32 Å². The fourth-order valence-electron chi connectivity index (χ4n) is 2.36. The molecule has 1 saturated carbocycles. The Labute approximate surface area is 91.9 Å². The molecular weight excluding hydrogens is 186 g/mol. The van der Waals surface area contributed by atoms with Crippen LogP contribution in [0.5, 0.6) is 0 Å². The fourth-order valence-corrected chi connectivity index (χ4v) is 2.36. The van der Waals surface area contributed by atoms with Crippen molar-refractivity contribution in [3.63, 3.8) is 0 Å². The Morgan fingerprint density at radius 2 is 2.40 bits per heavy atom. The van der Waals surface area contributed by atoms with Crippen molar-refractivity contribution < 1.29 is 0 Å². The fraction of sp³-hybridized carbons (Fsp3) is 0.750. The van der Waals surface area contributed by atoms with E-state index >= 15 is 0 Å². The van der Waals surface area contributed by atoms with Gasteiger partial charge in [-0.15, -0.1) is 0 Å². The van der Waals surface area contributed by atoms with Crippen molar-refractivity contribution in [2.24, 2.45) is 5.92 Å². The predicted molar refractivity (Wildman–Crippen MR) is 62.9 cm³/mol. The second-order valence-electron chi connectivity index (χ2n) is 4.65. The first-order chi connectivity index (χ1) is 7.29. The predicted octanol–water partition coefficient (Wildman–Crippen LogP) is 2.89. The maximum absolute atomic E-state index is 4.33. The van der Waals surface area contributed by atoms with Crippen LogP contribution in [0.15, 0.2) is 12.4 Å². The minimum absolute atomic E-state index is 0.657. The van der Waals surface area contributed by atoms with E-state index < -0.39 is 0 Å². The molecule has 15 heavy (non-hydrogen) atoms. The van der Waals surface area contributed by atoms with E-state index in [1.807, 2.05) is 10.9 Å². The number of rotatable bonds is 4. The highest BCUT2D eigenvalue weighted by molar-refractivity contribution is 5.39. The molecule has 0 aromatic carbocycles. The van der Waals surface area contributed by atoms with Crippen molar-refractivity contribution in [2.75, 3.05) is 5.32 Å². The minimum Gasteiger partial charge on any atom is -0.380 e. The number of aromatic nitrogens is 2. The normalized spacial score (nSPS) is 25.7. The molecule has 0 aliphatic heterocycles. The highest BCUT2D eigenvalue weighted by Gasteiger charge is 2.23. The first-order valence-electron chi connectivity index (χ1n) is 6.08. The molecule has 2 rings (SSSR count). The molecular formula is C12H21N3. The van der Waals surface area contributed by atoms with Gasteiger partial charge in [-0.25, -0.2) is 0 Å². The highest BCUT2D eigenvalue weighted by Crippen LogP contribution is 2.27. The van der Waals surface area contributed by atoms with Crippen molar-refractivity contribution in [3.8, 4) is 0 Å². The third-order valence-electron chi connectivity index (χ3n) is 3.30. The van der Waals surface area contributed by atoms with Gasteiger partial charge in [0.15, 0.2) is 0 Å². The molecule has 1 N–H and O–H groups in total. The third kappa shape index (κ3) is 2.52. The van der Waals surface area contributed by atoms with Gasteiger partial charge in [-0.3, -0.25) is 4.68 Å². The molecule has 1 aliphatic carbocycles. The van der Waals surface area contributed by atoms with Crippen LogP contribution in [0.1, 0.15) is 39.5 Å². The summed E-state index contributed by atoms with van der Waals surface area (Å²) in [6, 6.07) is 0.657. The van der Waals surface area contributed by atoms with Crippen LogP contribution >= 0.6 is 0 Å². The topological polar surface area (TPSA) is 29.9 Å². The molecule has 84 valence electrons. The molecule has 3 nitrogen and oxygen atoms in total. The van der Waals surface area contributed by atoms with Gasteiger partial charge in [0.2, 0.25) is 0 Å². The molecule has 1 heterocycles. The average molecular weight is 207 g/mol. The standard InChI is InChI=1S/C12H21N3/c1-3-7-15-9-11(8-13-15)14-12-6-4-5-10(12)2/h8-10,12,14H,3-7H2,1-2H3. The molecule has 0 radical (unpaired) electrons. The van der Waals surface area contributed by atoms with E-state index in [0.29, 0.717) is 6.04 Å². The summed E-state index contributed by atoms with van der Waals surface area (Å²) in [6.45, 7) is 5.52. The molecule has 1 aliphatic rings. The Morgan fingerprint density at radius 1 is 1.53 bits per heavy atom. The molecule has 0 bridgehead atoms. The van der Waals surface area contributed by atoms with Crippen LogP contribution in [-0.4, -0.2) is 15.8 Å². The Kier molecular flexibility index (Phi) is 3.29. The zero-order chi connectivity index (χ0) is 10.7. The number of hydrogen-bond acceptors (Lipinski definition) is 2. The van der Waals surface area contributed by atoms with Crippen LogP contribution in [0, 0.1) is 5.92 Å². The van der Waals surface area contributed by atoms with Gasteiger partial charge in [0.05, 0.1) is 11.9 Å². The molecule has 1 aromatic heterocycles. The Bertz CT molecular complexity index is 306. The number of hydrogen-bond donors (Lipinski definition) is 1. The van der Waals surface area contributed by atoms with Crippen molar-refractivity contribution in [1.29, 1.82) is 0 Å². The van der Waals surface area contributed by atoms with Gasteiger partial charge < -0.3 is 5.32 Å². The summed E-state index contributed by atoms with van der Waals surface area (Å²) in [5, 5.41) is 7.91. The lowest BCUT2D eigenvalue weighted by atomic mass is 10.1. The van der Waals surface area contributed by atoms with Gasteiger partial charge in [0.25, 0.3) is 0 Å². The summed E-state index contributed by atoms with van der Waals surface area (Å²) in [6.07, 6.45) is 9.24. The average Bonchev–Trinajstić information content (AvgIpc) is 2.79. The lowest BCUT2D eigenvalue weighted by Gasteiger charge is -2.16. The van der Waals surface area contributed by atoms with Gasteiger partial charge in [-0.1, -0.05) is 20.3 Å². The molecule has 1 aromatic rings. The third-order valence-corrected chi connectivity index (χ3v) is 3.30. The largest absolute Gasteiger partial charge is 0.380 e. The quantitative estimate of drug-likeness (QED) is 0.822. The summed E-state index contributed by atoms with van der Waals surface area (Å²) < 4.78 is 2.02. The maximum atomic E-state index is 4.33. The lowest BCUT2D eigenvalue weighted by molar-refractivity contribution is 0.556. The van der Waals surface area contributed by atoms with Crippen LogP contribution in [0.25, 0.3) is 0 Å². The molecule has 0 spiro atoms. The Balaban J connectivity index is 1.92. The highest BCUT2D eigenvalue weighted by atomic mass is 15.3. The summed E-state index contributed by atoms with van der Waals surface area (Å²) >= 11 is 0. The van der Waals surface area contributed by atoms with Gasteiger partial charge >= 0.3 is 0 Å². The van der Waals surface area contributed by atoms with E-state index in [9.17, 15) is 0 Å². The van der Waals surface area contributed by atoms with Crippen LogP contribution in [0.3, 0.4) is 0 Å². The smallest absolute Gasteiger partial charge is 0.0728 e. The zero-order valence-corrected chi connectivity index (χ0v) is 9.74. The second kappa shape index (κ2) is 4.69. The maximum Gasteiger partial charge on any atom is 0.0728 e. The van der Waals surface area contributed by atoms with Gasteiger partial charge in [0, 0.05) is 18.8 Å². The zero-order valence-electron chi connectivity index (χ0n) is 9.74. The van der Waals surface area contributed by atoms with Gasteiger partial charge in [-0.05, 0) is 25.2 Å².